The Morgan fingerprint density at radius 3 is 2.73 bits per heavy atom. The number of nitrogens with two attached hydrogens (primary N) is 1. The van der Waals surface area contributed by atoms with Crippen LogP contribution in [-0.2, 0) is 4.79 Å². The number of carboxylic acids is 1. The van der Waals surface area contributed by atoms with Gasteiger partial charge in [0.1, 0.15) is 23.8 Å². The predicted molar refractivity (Wildman–Crippen MR) is 111 cm³/mol. The third-order valence-electron chi connectivity index (χ3n) is 6.41. The van der Waals surface area contributed by atoms with Gasteiger partial charge in [-0.1, -0.05) is 12.2 Å². The zero-order valence-corrected chi connectivity index (χ0v) is 17.2. The summed E-state index contributed by atoms with van der Waals surface area (Å²) in [6.07, 6.45) is 11.6. The van der Waals surface area contributed by atoms with Gasteiger partial charge in [-0.2, -0.15) is 4.98 Å². The number of hydrogen-bond acceptors (Lipinski definition) is 6. The average Bonchev–Trinajstić information content (AvgIpc) is 2.87. The fourth-order valence-electron chi connectivity index (χ4n) is 4.83. The largest absolute Gasteiger partial charge is 0.481 e. The monoisotopic (exact) mass is 412 g/mol. The van der Waals surface area contributed by atoms with Gasteiger partial charge >= 0.3 is 5.97 Å². The minimum Gasteiger partial charge on any atom is -0.481 e. The van der Waals surface area contributed by atoms with Crippen LogP contribution in [-0.4, -0.2) is 45.0 Å². The molecule has 1 aromatic heterocycles. The molecule has 0 aromatic carbocycles. The first-order valence-electron chi connectivity index (χ1n) is 10.6. The Hall–Kier alpha value is -2.90. The number of anilines is 1. The lowest BCUT2D eigenvalue weighted by atomic mass is 9.73. The quantitative estimate of drug-likeness (QED) is 0.780. The molecule has 30 heavy (non-hydrogen) atoms. The van der Waals surface area contributed by atoms with E-state index in [1.165, 1.54) is 0 Å². The zero-order chi connectivity index (χ0) is 21.3. The van der Waals surface area contributed by atoms with Crippen LogP contribution in [0.3, 0.4) is 0 Å². The SMILES string of the molecule is Cc1nc(N)c2c(n1)OCCN(C1=CCC([C@H]3CC[C@H](CC(=O)O)CC3)C=C1)C2=O. The number of nitrogen functional groups attached to an aromatic ring is 1. The Balaban J connectivity index is 1.42. The van der Waals surface area contributed by atoms with Gasteiger partial charge in [0.25, 0.3) is 5.91 Å². The second-order valence-electron chi connectivity index (χ2n) is 8.41. The van der Waals surface area contributed by atoms with Crippen LogP contribution in [0.2, 0.25) is 0 Å². The number of allylic oxidation sites excluding steroid dienone is 3. The van der Waals surface area contributed by atoms with E-state index in [-0.39, 0.29) is 29.6 Å². The van der Waals surface area contributed by atoms with E-state index < -0.39 is 5.97 Å². The van der Waals surface area contributed by atoms with Crippen LogP contribution in [0.4, 0.5) is 5.82 Å². The van der Waals surface area contributed by atoms with Crippen molar-refractivity contribution < 1.29 is 19.4 Å². The lowest BCUT2D eigenvalue weighted by Crippen LogP contribution is -2.33. The third-order valence-corrected chi connectivity index (χ3v) is 6.41. The van der Waals surface area contributed by atoms with E-state index >= 15 is 0 Å². The Bertz CT molecular complexity index is 903. The lowest BCUT2D eigenvalue weighted by Gasteiger charge is -2.33. The predicted octanol–water partition coefficient (Wildman–Crippen LogP) is 2.94. The van der Waals surface area contributed by atoms with Crippen molar-refractivity contribution in [3.63, 3.8) is 0 Å². The fourth-order valence-corrected chi connectivity index (χ4v) is 4.83. The van der Waals surface area contributed by atoms with E-state index in [1.54, 1.807) is 11.8 Å². The molecule has 1 amide bonds. The first kappa shape index (κ1) is 20.4. The standard InChI is InChI=1S/C22H28N4O4/c1-13-24-20(23)19-21(25-13)30-11-10-26(22(19)29)17-8-6-16(7-9-17)15-4-2-14(3-5-15)12-18(27)28/h6,8-9,14-16H,2-5,7,10-12H2,1H3,(H,27,28)(H2,23,24,25)/t14-,15-,16?. The van der Waals surface area contributed by atoms with Gasteiger partial charge in [0.2, 0.25) is 5.88 Å². The minimum atomic E-state index is -0.697. The number of nitrogens with zero attached hydrogens (tertiary/aromatic N) is 3. The number of aliphatic carboxylic acids is 1. The van der Waals surface area contributed by atoms with Gasteiger partial charge in [0.05, 0.1) is 6.54 Å². The first-order valence-corrected chi connectivity index (χ1v) is 10.6. The van der Waals surface area contributed by atoms with E-state index in [9.17, 15) is 9.59 Å². The molecule has 3 N–H and O–H groups in total. The van der Waals surface area contributed by atoms with E-state index in [4.69, 9.17) is 15.6 Å². The molecule has 0 saturated heterocycles. The van der Waals surface area contributed by atoms with Crippen molar-refractivity contribution in [2.45, 2.75) is 45.4 Å². The molecule has 1 saturated carbocycles. The third kappa shape index (κ3) is 4.17. The Labute approximate surface area is 175 Å². The summed E-state index contributed by atoms with van der Waals surface area (Å²) >= 11 is 0. The molecule has 1 atom stereocenters. The topological polar surface area (TPSA) is 119 Å². The molecule has 2 aliphatic carbocycles. The molecule has 4 rings (SSSR count). The highest BCUT2D eigenvalue weighted by atomic mass is 16.5. The smallest absolute Gasteiger partial charge is 0.303 e. The highest BCUT2D eigenvalue weighted by Gasteiger charge is 2.32. The number of carbonyl (C=O) groups excluding carboxylic acids is 1. The minimum absolute atomic E-state index is 0.144. The molecule has 0 radical (unpaired) electrons. The molecule has 1 fully saturated rings. The van der Waals surface area contributed by atoms with Crippen molar-refractivity contribution in [2.75, 3.05) is 18.9 Å². The van der Waals surface area contributed by atoms with Crippen molar-refractivity contribution in [3.05, 3.63) is 35.3 Å². The van der Waals surface area contributed by atoms with Gasteiger partial charge in [0, 0.05) is 12.1 Å². The van der Waals surface area contributed by atoms with Crippen LogP contribution in [0.25, 0.3) is 0 Å². The number of aromatic nitrogens is 2. The summed E-state index contributed by atoms with van der Waals surface area (Å²) in [5.41, 5.74) is 7.08. The summed E-state index contributed by atoms with van der Waals surface area (Å²) < 4.78 is 5.67. The number of hydrogen-bond donors (Lipinski definition) is 2. The first-order chi connectivity index (χ1) is 14.4. The number of rotatable bonds is 4. The summed E-state index contributed by atoms with van der Waals surface area (Å²) in [5, 5.41) is 8.99. The van der Waals surface area contributed by atoms with E-state index in [1.807, 2.05) is 6.08 Å². The molecule has 1 aromatic rings. The number of carboxylic acid groups (broad SMARTS) is 1. The molecule has 2 heterocycles. The van der Waals surface area contributed by atoms with Crippen molar-refractivity contribution in [2.24, 2.45) is 17.8 Å². The van der Waals surface area contributed by atoms with E-state index in [0.29, 0.717) is 36.7 Å². The summed E-state index contributed by atoms with van der Waals surface area (Å²) in [5.74, 6) is 1.26. The van der Waals surface area contributed by atoms with Crippen molar-refractivity contribution >= 4 is 17.7 Å². The van der Waals surface area contributed by atoms with Gasteiger partial charge in [-0.25, -0.2) is 4.98 Å². The summed E-state index contributed by atoms with van der Waals surface area (Å²) in [4.78, 5) is 34.1. The molecule has 160 valence electrons. The molecule has 8 heteroatoms. The number of carbonyl (C=O) groups is 2. The van der Waals surface area contributed by atoms with Crippen molar-refractivity contribution in [3.8, 4) is 5.88 Å². The van der Waals surface area contributed by atoms with Gasteiger partial charge in [0.15, 0.2) is 0 Å². The second kappa shape index (κ2) is 8.45. The summed E-state index contributed by atoms with van der Waals surface area (Å²) in [6, 6.07) is 0. The highest BCUT2D eigenvalue weighted by molar-refractivity contribution is 6.01. The normalized spacial score (nSPS) is 26.4. The second-order valence-corrected chi connectivity index (χ2v) is 8.41. The Kier molecular flexibility index (Phi) is 5.74. The Morgan fingerprint density at radius 2 is 2.07 bits per heavy atom. The molecular formula is C22H28N4O4. The van der Waals surface area contributed by atoms with Crippen LogP contribution in [0.1, 0.15) is 54.7 Å². The van der Waals surface area contributed by atoms with Crippen molar-refractivity contribution in [1.82, 2.24) is 14.9 Å². The zero-order valence-electron chi connectivity index (χ0n) is 17.2. The van der Waals surface area contributed by atoms with E-state index in [2.05, 4.69) is 22.1 Å². The van der Waals surface area contributed by atoms with Gasteiger partial charge in [-0.3, -0.25) is 9.59 Å². The highest BCUT2D eigenvalue weighted by Crippen LogP contribution is 2.39. The summed E-state index contributed by atoms with van der Waals surface area (Å²) in [6.45, 7) is 2.49. The lowest BCUT2D eigenvalue weighted by molar-refractivity contribution is -0.138. The van der Waals surface area contributed by atoms with E-state index in [0.717, 1.165) is 37.8 Å². The van der Waals surface area contributed by atoms with Crippen LogP contribution < -0.4 is 10.5 Å². The van der Waals surface area contributed by atoms with Crippen molar-refractivity contribution in [1.29, 1.82) is 0 Å². The number of aryl methyl sites for hydroxylation is 1. The van der Waals surface area contributed by atoms with Crippen LogP contribution >= 0.6 is 0 Å². The van der Waals surface area contributed by atoms with Gasteiger partial charge < -0.3 is 20.5 Å². The molecule has 1 aliphatic heterocycles. The average molecular weight is 412 g/mol. The molecule has 3 aliphatic rings. The Morgan fingerprint density at radius 1 is 1.30 bits per heavy atom. The molecular weight excluding hydrogens is 384 g/mol. The number of fused-ring (bicyclic) bond motifs is 1. The number of ether oxygens (including phenoxy) is 1. The fraction of sp³-hybridized carbons (Fsp3) is 0.545. The van der Waals surface area contributed by atoms with Crippen LogP contribution in [0.15, 0.2) is 23.9 Å². The van der Waals surface area contributed by atoms with Gasteiger partial charge in [-0.15, -0.1) is 0 Å². The maximum absolute atomic E-state index is 13.1. The maximum atomic E-state index is 13.1. The van der Waals surface area contributed by atoms with Gasteiger partial charge in [-0.05, 0) is 62.9 Å². The van der Waals surface area contributed by atoms with Crippen LogP contribution in [0.5, 0.6) is 5.88 Å². The number of amides is 1. The molecule has 0 spiro atoms. The maximum Gasteiger partial charge on any atom is 0.303 e. The molecule has 8 nitrogen and oxygen atoms in total. The molecule has 1 unspecified atom stereocenters. The summed E-state index contributed by atoms with van der Waals surface area (Å²) in [7, 11) is 0. The van der Waals surface area contributed by atoms with Crippen LogP contribution in [0, 0.1) is 24.7 Å². The molecule has 0 bridgehead atoms.